The summed E-state index contributed by atoms with van der Waals surface area (Å²) in [7, 11) is 0. The Hall–Kier alpha value is -1.72. The van der Waals surface area contributed by atoms with E-state index in [-0.39, 0.29) is 21.3 Å². The third-order valence-electron chi connectivity index (χ3n) is 2.43. The van der Waals surface area contributed by atoms with Crippen molar-refractivity contribution in [1.29, 1.82) is 0 Å². The van der Waals surface area contributed by atoms with Crippen LogP contribution in [0.2, 0.25) is 10.0 Å². The van der Waals surface area contributed by atoms with Crippen LogP contribution in [0.4, 0.5) is 18.9 Å². The Bertz CT molecular complexity index is 692. The first-order valence-corrected chi connectivity index (χ1v) is 6.05. The summed E-state index contributed by atoms with van der Waals surface area (Å²) in [5.74, 6) is -4.03. The zero-order chi connectivity index (χ0) is 14.9. The van der Waals surface area contributed by atoms with Gasteiger partial charge in [0, 0.05) is 5.02 Å². The van der Waals surface area contributed by atoms with Crippen LogP contribution in [-0.2, 0) is 0 Å². The lowest BCUT2D eigenvalue weighted by Gasteiger charge is -2.08. The summed E-state index contributed by atoms with van der Waals surface area (Å²) in [4.78, 5) is 11.9. The van der Waals surface area contributed by atoms with Crippen molar-refractivity contribution >= 4 is 34.8 Å². The molecule has 0 atom stereocenters. The minimum Gasteiger partial charge on any atom is -0.319 e. The second kappa shape index (κ2) is 5.73. The van der Waals surface area contributed by atoms with Crippen LogP contribution >= 0.6 is 23.2 Å². The van der Waals surface area contributed by atoms with E-state index in [2.05, 4.69) is 5.32 Å². The van der Waals surface area contributed by atoms with Crippen molar-refractivity contribution < 1.29 is 18.0 Å². The van der Waals surface area contributed by atoms with Gasteiger partial charge in [0.05, 0.1) is 16.3 Å². The summed E-state index contributed by atoms with van der Waals surface area (Å²) in [6.07, 6.45) is 0. The molecule has 0 aliphatic heterocycles. The van der Waals surface area contributed by atoms with E-state index in [1.165, 1.54) is 12.1 Å². The molecule has 0 heterocycles. The second-order valence-electron chi connectivity index (χ2n) is 3.82. The third kappa shape index (κ3) is 3.05. The largest absolute Gasteiger partial charge is 0.319 e. The minimum atomic E-state index is -1.23. The Morgan fingerprint density at radius 2 is 1.60 bits per heavy atom. The van der Waals surface area contributed by atoms with Crippen LogP contribution in [0.3, 0.4) is 0 Å². The number of rotatable bonds is 2. The van der Waals surface area contributed by atoms with Crippen molar-refractivity contribution in [3.8, 4) is 0 Å². The van der Waals surface area contributed by atoms with Crippen LogP contribution in [0.1, 0.15) is 10.4 Å². The first-order valence-electron chi connectivity index (χ1n) is 5.29. The predicted molar refractivity (Wildman–Crippen MR) is 70.7 cm³/mol. The van der Waals surface area contributed by atoms with Gasteiger partial charge in [-0.15, -0.1) is 0 Å². The normalized spacial score (nSPS) is 10.4. The SMILES string of the molecule is O=C(Nc1ccc(Cl)cc1F)c1cc(F)c(F)cc1Cl. The van der Waals surface area contributed by atoms with Gasteiger partial charge in [-0.1, -0.05) is 23.2 Å². The maximum Gasteiger partial charge on any atom is 0.257 e. The maximum atomic E-state index is 13.5. The molecule has 1 N–H and O–H groups in total. The molecule has 20 heavy (non-hydrogen) atoms. The van der Waals surface area contributed by atoms with Gasteiger partial charge in [0.15, 0.2) is 11.6 Å². The van der Waals surface area contributed by atoms with Crippen LogP contribution < -0.4 is 5.32 Å². The fraction of sp³-hybridized carbons (Fsp3) is 0. The van der Waals surface area contributed by atoms with Gasteiger partial charge in [0.1, 0.15) is 5.82 Å². The lowest BCUT2D eigenvalue weighted by molar-refractivity contribution is 0.102. The van der Waals surface area contributed by atoms with E-state index in [0.29, 0.717) is 12.1 Å². The molecule has 0 saturated carbocycles. The fourth-order valence-electron chi connectivity index (χ4n) is 1.48. The molecule has 0 radical (unpaired) electrons. The molecule has 2 aromatic rings. The quantitative estimate of drug-likeness (QED) is 0.801. The zero-order valence-corrected chi connectivity index (χ0v) is 11.2. The molecule has 0 bridgehead atoms. The number of hydrogen-bond acceptors (Lipinski definition) is 1. The molecule has 0 unspecified atom stereocenters. The molecule has 0 aromatic heterocycles. The highest BCUT2D eigenvalue weighted by molar-refractivity contribution is 6.34. The summed E-state index contributed by atoms with van der Waals surface area (Å²) in [6, 6.07) is 4.92. The molecule has 0 saturated heterocycles. The van der Waals surface area contributed by atoms with Crippen molar-refractivity contribution in [2.24, 2.45) is 0 Å². The molecule has 2 nitrogen and oxygen atoms in total. The van der Waals surface area contributed by atoms with Crippen LogP contribution in [0.25, 0.3) is 0 Å². The highest BCUT2D eigenvalue weighted by atomic mass is 35.5. The number of anilines is 1. The van der Waals surface area contributed by atoms with Crippen LogP contribution in [-0.4, -0.2) is 5.91 Å². The number of hydrogen-bond donors (Lipinski definition) is 1. The first kappa shape index (κ1) is 14.7. The number of halogens is 5. The van der Waals surface area contributed by atoms with E-state index in [1.807, 2.05) is 0 Å². The molecule has 0 spiro atoms. The number of benzene rings is 2. The van der Waals surface area contributed by atoms with E-state index in [0.717, 1.165) is 6.07 Å². The Balaban J connectivity index is 2.31. The van der Waals surface area contributed by atoms with Gasteiger partial charge in [0.25, 0.3) is 5.91 Å². The summed E-state index contributed by atoms with van der Waals surface area (Å²) in [5, 5.41) is 2.07. The predicted octanol–water partition coefficient (Wildman–Crippen LogP) is 4.66. The van der Waals surface area contributed by atoms with Gasteiger partial charge in [-0.3, -0.25) is 4.79 Å². The summed E-state index contributed by atoms with van der Waals surface area (Å²) in [6.45, 7) is 0. The zero-order valence-electron chi connectivity index (χ0n) is 9.68. The molecule has 1 amide bonds. The highest BCUT2D eigenvalue weighted by Crippen LogP contribution is 2.23. The fourth-order valence-corrected chi connectivity index (χ4v) is 1.87. The minimum absolute atomic E-state index is 0.153. The number of amides is 1. The highest BCUT2D eigenvalue weighted by Gasteiger charge is 2.16. The van der Waals surface area contributed by atoms with Gasteiger partial charge in [0.2, 0.25) is 0 Å². The van der Waals surface area contributed by atoms with Crippen LogP contribution in [0.5, 0.6) is 0 Å². The van der Waals surface area contributed by atoms with Gasteiger partial charge in [-0.25, -0.2) is 13.2 Å². The number of nitrogens with one attached hydrogen (secondary N) is 1. The average Bonchev–Trinajstić information content (AvgIpc) is 2.37. The standard InChI is InChI=1S/C13H6Cl2F3NO/c14-6-1-2-12(11(18)3-6)19-13(20)7-4-9(16)10(17)5-8(7)15/h1-5H,(H,19,20). The van der Waals surface area contributed by atoms with Gasteiger partial charge in [-0.05, 0) is 30.3 Å². The van der Waals surface area contributed by atoms with Crippen molar-refractivity contribution in [3.05, 3.63) is 63.4 Å². The van der Waals surface area contributed by atoms with Crippen LogP contribution in [0.15, 0.2) is 30.3 Å². The lowest BCUT2D eigenvalue weighted by atomic mass is 10.2. The second-order valence-corrected chi connectivity index (χ2v) is 4.67. The van der Waals surface area contributed by atoms with Gasteiger partial charge in [-0.2, -0.15) is 0 Å². The summed E-state index contributed by atoms with van der Waals surface area (Å²) < 4.78 is 39.5. The molecule has 0 fully saturated rings. The molecule has 0 aliphatic carbocycles. The Labute approximate surface area is 122 Å². The first-order chi connectivity index (χ1) is 9.38. The summed E-state index contributed by atoms with van der Waals surface area (Å²) in [5.41, 5.74) is -0.458. The maximum absolute atomic E-state index is 13.5. The van der Waals surface area contributed by atoms with E-state index in [4.69, 9.17) is 23.2 Å². The third-order valence-corrected chi connectivity index (χ3v) is 2.98. The van der Waals surface area contributed by atoms with E-state index < -0.39 is 23.4 Å². The van der Waals surface area contributed by atoms with E-state index in [9.17, 15) is 18.0 Å². The molecule has 2 rings (SSSR count). The van der Waals surface area contributed by atoms with Gasteiger partial charge >= 0.3 is 0 Å². The molecule has 0 aliphatic rings. The molecule has 7 heteroatoms. The molecular formula is C13H6Cl2F3NO. The molecule has 2 aromatic carbocycles. The van der Waals surface area contributed by atoms with Crippen molar-refractivity contribution in [1.82, 2.24) is 0 Å². The lowest BCUT2D eigenvalue weighted by Crippen LogP contribution is -2.14. The smallest absolute Gasteiger partial charge is 0.257 e. The van der Waals surface area contributed by atoms with Crippen molar-refractivity contribution in [2.45, 2.75) is 0 Å². The molecular weight excluding hydrogens is 314 g/mol. The number of carbonyl (C=O) groups is 1. The summed E-state index contributed by atoms with van der Waals surface area (Å²) >= 11 is 11.2. The van der Waals surface area contributed by atoms with Gasteiger partial charge < -0.3 is 5.32 Å². The molecule has 104 valence electrons. The monoisotopic (exact) mass is 319 g/mol. The Morgan fingerprint density at radius 1 is 0.950 bits per heavy atom. The Kier molecular flexibility index (Phi) is 4.20. The number of carbonyl (C=O) groups excluding carboxylic acids is 1. The van der Waals surface area contributed by atoms with Crippen molar-refractivity contribution in [2.75, 3.05) is 5.32 Å². The van der Waals surface area contributed by atoms with E-state index >= 15 is 0 Å². The topological polar surface area (TPSA) is 29.1 Å². The average molecular weight is 320 g/mol. The van der Waals surface area contributed by atoms with Crippen LogP contribution in [0, 0.1) is 17.5 Å². The van der Waals surface area contributed by atoms with Crippen molar-refractivity contribution in [3.63, 3.8) is 0 Å². The Morgan fingerprint density at radius 3 is 2.25 bits per heavy atom. The van der Waals surface area contributed by atoms with E-state index in [1.54, 1.807) is 0 Å².